The van der Waals surface area contributed by atoms with Crippen LogP contribution >= 0.6 is 0 Å². The summed E-state index contributed by atoms with van der Waals surface area (Å²) >= 11 is 0. The molecular formula is C13H20N2O2. The third-order valence-electron chi connectivity index (χ3n) is 3.05. The average molecular weight is 236 g/mol. The van der Waals surface area contributed by atoms with Gasteiger partial charge in [0.25, 0.3) is 0 Å². The quantitative estimate of drug-likeness (QED) is 0.707. The summed E-state index contributed by atoms with van der Waals surface area (Å²) in [7, 11) is 0. The van der Waals surface area contributed by atoms with E-state index in [0.29, 0.717) is 13.0 Å². The van der Waals surface area contributed by atoms with Crippen LogP contribution in [0.1, 0.15) is 25.8 Å². The SMILES string of the molecule is CC[C@@](N)(C(=O)NCc1ccccc1)[C@@H](C)O. The highest BCUT2D eigenvalue weighted by Crippen LogP contribution is 2.12. The van der Waals surface area contributed by atoms with Crippen LogP contribution < -0.4 is 11.1 Å². The van der Waals surface area contributed by atoms with E-state index < -0.39 is 11.6 Å². The third kappa shape index (κ3) is 3.28. The van der Waals surface area contributed by atoms with Crippen LogP contribution in [0, 0.1) is 0 Å². The second-order valence-corrected chi connectivity index (χ2v) is 4.24. The monoisotopic (exact) mass is 236 g/mol. The van der Waals surface area contributed by atoms with Crippen molar-refractivity contribution in [2.24, 2.45) is 5.73 Å². The van der Waals surface area contributed by atoms with Gasteiger partial charge in [-0.15, -0.1) is 0 Å². The number of benzene rings is 1. The summed E-state index contributed by atoms with van der Waals surface area (Å²) in [6, 6.07) is 9.58. The van der Waals surface area contributed by atoms with Gasteiger partial charge in [-0.25, -0.2) is 0 Å². The average Bonchev–Trinajstić information content (AvgIpc) is 2.35. The number of aliphatic hydroxyl groups is 1. The van der Waals surface area contributed by atoms with E-state index in [9.17, 15) is 9.90 Å². The molecule has 0 spiro atoms. The summed E-state index contributed by atoms with van der Waals surface area (Å²) in [5, 5.41) is 12.3. The Kier molecular flexibility index (Phi) is 4.66. The molecule has 1 amide bonds. The van der Waals surface area contributed by atoms with Gasteiger partial charge in [-0.2, -0.15) is 0 Å². The van der Waals surface area contributed by atoms with Crippen LogP contribution in [-0.4, -0.2) is 22.7 Å². The van der Waals surface area contributed by atoms with Crippen molar-refractivity contribution in [2.45, 2.75) is 38.5 Å². The predicted molar refractivity (Wildman–Crippen MR) is 67.2 cm³/mol. The molecule has 0 aliphatic rings. The molecule has 94 valence electrons. The fraction of sp³-hybridized carbons (Fsp3) is 0.462. The number of hydrogen-bond donors (Lipinski definition) is 3. The molecule has 0 aromatic heterocycles. The Morgan fingerprint density at radius 2 is 2.06 bits per heavy atom. The molecule has 1 aromatic rings. The second-order valence-electron chi connectivity index (χ2n) is 4.24. The molecular weight excluding hydrogens is 216 g/mol. The first-order chi connectivity index (χ1) is 8.00. The van der Waals surface area contributed by atoms with Crippen LogP contribution in [0.2, 0.25) is 0 Å². The van der Waals surface area contributed by atoms with Gasteiger partial charge in [0, 0.05) is 6.54 Å². The zero-order valence-electron chi connectivity index (χ0n) is 10.3. The summed E-state index contributed by atoms with van der Waals surface area (Å²) in [5.74, 6) is -0.321. The minimum Gasteiger partial charge on any atom is -0.391 e. The van der Waals surface area contributed by atoms with E-state index in [1.54, 1.807) is 6.92 Å². The smallest absolute Gasteiger partial charge is 0.243 e. The zero-order valence-corrected chi connectivity index (χ0v) is 10.3. The van der Waals surface area contributed by atoms with Crippen LogP contribution in [0.4, 0.5) is 0 Å². The van der Waals surface area contributed by atoms with E-state index in [1.807, 2.05) is 30.3 Å². The lowest BCUT2D eigenvalue weighted by Crippen LogP contribution is -2.60. The molecule has 1 aromatic carbocycles. The molecule has 0 heterocycles. The fourth-order valence-corrected chi connectivity index (χ4v) is 1.59. The maximum Gasteiger partial charge on any atom is 0.243 e. The predicted octanol–water partition coefficient (Wildman–Crippen LogP) is 0.791. The van der Waals surface area contributed by atoms with E-state index in [0.717, 1.165) is 5.56 Å². The fourth-order valence-electron chi connectivity index (χ4n) is 1.59. The molecule has 4 nitrogen and oxygen atoms in total. The number of hydrogen-bond acceptors (Lipinski definition) is 3. The van der Waals surface area contributed by atoms with Gasteiger partial charge in [0.05, 0.1) is 6.10 Å². The van der Waals surface area contributed by atoms with Crippen molar-refractivity contribution in [2.75, 3.05) is 0 Å². The number of nitrogens with two attached hydrogens (primary N) is 1. The topological polar surface area (TPSA) is 75.4 Å². The lowest BCUT2D eigenvalue weighted by molar-refractivity contribution is -0.130. The maximum atomic E-state index is 11.9. The molecule has 0 aliphatic carbocycles. The Balaban J connectivity index is 2.61. The van der Waals surface area contributed by atoms with E-state index in [2.05, 4.69) is 5.32 Å². The molecule has 0 fully saturated rings. The van der Waals surface area contributed by atoms with Gasteiger partial charge in [0.1, 0.15) is 5.54 Å². The normalized spacial score (nSPS) is 16.0. The molecule has 0 bridgehead atoms. The maximum absolute atomic E-state index is 11.9. The van der Waals surface area contributed by atoms with Crippen molar-refractivity contribution >= 4 is 5.91 Å². The lowest BCUT2D eigenvalue weighted by atomic mass is 9.90. The minimum absolute atomic E-state index is 0.321. The Hall–Kier alpha value is -1.39. The lowest BCUT2D eigenvalue weighted by Gasteiger charge is -2.29. The van der Waals surface area contributed by atoms with Crippen molar-refractivity contribution < 1.29 is 9.90 Å². The highest BCUT2D eigenvalue weighted by Gasteiger charge is 2.36. The first-order valence-electron chi connectivity index (χ1n) is 5.80. The second kappa shape index (κ2) is 5.80. The Bertz CT molecular complexity index is 365. The van der Waals surface area contributed by atoms with Gasteiger partial charge < -0.3 is 16.2 Å². The molecule has 0 aliphatic heterocycles. The molecule has 2 atom stereocenters. The summed E-state index contributed by atoms with van der Waals surface area (Å²) < 4.78 is 0. The molecule has 0 saturated heterocycles. The number of amides is 1. The van der Waals surface area contributed by atoms with Crippen LogP contribution in [0.25, 0.3) is 0 Å². The van der Waals surface area contributed by atoms with Gasteiger partial charge in [0.15, 0.2) is 0 Å². The number of carbonyl (C=O) groups is 1. The molecule has 0 saturated carbocycles. The van der Waals surface area contributed by atoms with Gasteiger partial charge in [-0.1, -0.05) is 37.3 Å². The first kappa shape index (κ1) is 13.7. The van der Waals surface area contributed by atoms with E-state index >= 15 is 0 Å². The summed E-state index contributed by atoms with van der Waals surface area (Å²) in [6.45, 7) is 3.74. The zero-order chi connectivity index (χ0) is 12.9. The number of rotatable bonds is 5. The van der Waals surface area contributed by atoms with Crippen LogP contribution in [0.5, 0.6) is 0 Å². The standard InChI is InChI=1S/C13H20N2O2/c1-3-13(14,10(2)16)12(17)15-9-11-7-5-4-6-8-11/h4-8,10,16H,3,9,14H2,1-2H3,(H,15,17)/t10-,13+/m1/s1. The number of carbonyl (C=O) groups excluding carboxylic acids is 1. The van der Waals surface area contributed by atoms with Crippen molar-refractivity contribution in [3.63, 3.8) is 0 Å². The van der Waals surface area contributed by atoms with Gasteiger partial charge in [-0.3, -0.25) is 4.79 Å². The highest BCUT2D eigenvalue weighted by atomic mass is 16.3. The van der Waals surface area contributed by atoms with E-state index in [-0.39, 0.29) is 5.91 Å². The molecule has 4 N–H and O–H groups in total. The van der Waals surface area contributed by atoms with E-state index in [1.165, 1.54) is 6.92 Å². The van der Waals surface area contributed by atoms with Gasteiger partial charge >= 0.3 is 0 Å². The molecule has 4 heteroatoms. The Morgan fingerprint density at radius 3 is 2.53 bits per heavy atom. The largest absolute Gasteiger partial charge is 0.391 e. The Morgan fingerprint density at radius 1 is 1.47 bits per heavy atom. The van der Waals surface area contributed by atoms with Crippen molar-refractivity contribution in [3.05, 3.63) is 35.9 Å². The number of nitrogens with one attached hydrogen (secondary N) is 1. The van der Waals surface area contributed by atoms with E-state index in [4.69, 9.17) is 5.73 Å². The molecule has 1 rings (SSSR count). The van der Waals surface area contributed by atoms with Gasteiger partial charge in [0.2, 0.25) is 5.91 Å². The molecule has 17 heavy (non-hydrogen) atoms. The van der Waals surface area contributed by atoms with Crippen LogP contribution in [0.15, 0.2) is 30.3 Å². The molecule has 0 unspecified atom stereocenters. The summed E-state index contributed by atoms with van der Waals surface area (Å²) in [6.07, 6.45) is -0.478. The van der Waals surface area contributed by atoms with Crippen LogP contribution in [0.3, 0.4) is 0 Å². The number of aliphatic hydroxyl groups excluding tert-OH is 1. The van der Waals surface area contributed by atoms with Gasteiger partial charge in [-0.05, 0) is 18.9 Å². The summed E-state index contributed by atoms with van der Waals surface area (Å²) in [4.78, 5) is 11.9. The minimum atomic E-state index is -1.21. The highest BCUT2D eigenvalue weighted by molar-refractivity contribution is 5.86. The van der Waals surface area contributed by atoms with Crippen molar-refractivity contribution in [3.8, 4) is 0 Å². The summed E-state index contributed by atoms with van der Waals surface area (Å²) in [5.41, 5.74) is 5.68. The first-order valence-corrected chi connectivity index (χ1v) is 5.80. The third-order valence-corrected chi connectivity index (χ3v) is 3.05. The Labute approximate surface area is 102 Å². The van der Waals surface area contributed by atoms with Crippen molar-refractivity contribution in [1.29, 1.82) is 0 Å². The van der Waals surface area contributed by atoms with Crippen molar-refractivity contribution in [1.82, 2.24) is 5.32 Å². The molecule has 0 radical (unpaired) electrons. The van der Waals surface area contributed by atoms with Crippen LogP contribution in [-0.2, 0) is 11.3 Å².